The van der Waals surface area contributed by atoms with Gasteiger partial charge in [0.2, 0.25) is 0 Å². The van der Waals surface area contributed by atoms with E-state index in [4.69, 9.17) is 0 Å². The van der Waals surface area contributed by atoms with Crippen LogP contribution in [0.3, 0.4) is 0 Å². The summed E-state index contributed by atoms with van der Waals surface area (Å²) in [6, 6.07) is 8.83. The van der Waals surface area contributed by atoms with Gasteiger partial charge in [-0.25, -0.2) is 12.8 Å². The second kappa shape index (κ2) is 6.29. The largest absolute Gasteiger partial charge is 0.308 e. The molecule has 0 bridgehead atoms. The zero-order valence-corrected chi connectivity index (χ0v) is 15.3. The molecule has 0 aliphatic carbocycles. The zero-order valence-electron chi connectivity index (χ0n) is 12.9. The predicted molar refractivity (Wildman–Crippen MR) is 93.6 cm³/mol. The maximum Gasteiger partial charge on any atom is 0.258 e. The van der Waals surface area contributed by atoms with E-state index in [1.807, 2.05) is 0 Å². The maximum atomic E-state index is 13.6. The second-order valence-electron chi connectivity index (χ2n) is 5.78. The van der Waals surface area contributed by atoms with Crippen LogP contribution in [0.2, 0.25) is 0 Å². The Kier molecular flexibility index (Phi) is 4.48. The molecule has 24 heavy (non-hydrogen) atoms. The lowest BCUT2D eigenvalue weighted by Crippen LogP contribution is -2.35. The van der Waals surface area contributed by atoms with Crippen LogP contribution in [0.5, 0.6) is 0 Å². The summed E-state index contributed by atoms with van der Waals surface area (Å²) in [7, 11) is -3.30. The molecular formula is C17H15BrFNO3S. The van der Waals surface area contributed by atoms with E-state index in [1.165, 1.54) is 18.2 Å². The quantitative estimate of drug-likeness (QED) is 0.758. The number of hydrogen-bond donors (Lipinski definition) is 0. The summed E-state index contributed by atoms with van der Waals surface area (Å²) in [6.07, 6.45) is 2.59. The summed E-state index contributed by atoms with van der Waals surface area (Å²) in [5.74, 6) is -0.791. The van der Waals surface area contributed by atoms with Crippen molar-refractivity contribution in [1.82, 2.24) is 0 Å². The van der Waals surface area contributed by atoms with Crippen LogP contribution in [-0.2, 0) is 16.3 Å². The Hall–Kier alpha value is -1.73. The van der Waals surface area contributed by atoms with Crippen LogP contribution in [0.1, 0.15) is 22.3 Å². The molecule has 0 saturated carbocycles. The summed E-state index contributed by atoms with van der Waals surface area (Å²) in [5, 5.41) is 0. The van der Waals surface area contributed by atoms with Crippen molar-refractivity contribution in [3.63, 3.8) is 0 Å². The van der Waals surface area contributed by atoms with E-state index in [9.17, 15) is 17.6 Å². The van der Waals surface area contributed by atoms with Gasteiger partial charge in [-0.1, -0.05) is 15.9 Å². The van der Waals surface area contributed by atoms with E-state index >= 15 is 0 Å². The van der Waals surface area contributed by atoms with Gasteiger partial charge in [-0.05, 0) is 54.8 Å². The highest BCUT2D eigenvalue weighted by Crippen LogP contribution is 2.31. The molecule has 3 rings (SSSR count). The number of sulfone groups is 1. The lowest BCUT2D eigenvalue weighted by molar-refractivity contribution is 0.0984. The molecule has 0 saturated heterocycles. The Morgan fingerprint density at radius 1 is 1.21 bits per heavy atom. The number of hydrogen-bond acceptors (Lipinski definition) is 3. The number of carbonyl (C=O) groups excluding carboxylic acids is 1. The molecule has 1 heterocycles. The van der Waals surface area contributed by atoms with Gasteiger partial charge in [-0.15, -0.1) is 0 Å². The fourth-order valence-corrected chi connectivity index (χ4v) is 3.99. The highest BCUT2D eigenvalue weighted by molar-refractivity contribution is 9.10. The van der Waals surface area contributed by atoms with Crippen molar-refractivity contribution < 1.29 is 17.6 Å². The molecule has 0 spiro atoms. The normalized spacial score (nSPS) is 14.4. The molecule has 0 unspecified atom stereocenters. The van der Waals surface area contributed by atoms with Gasteiger partial charge < -0.3 is 4.90 Å². The highest BCUT2D eigenvalue weighted by Gasteiger charge is 2.25. The van der Waals surface area contributed by atoms with Crippen molar-refractivity contribution in [1.29, 1.82) is 0 Å². The minimum absolute atomic E-state index is 0.240. The Bertz CT molecular complexity index is 907. The maximum absolute atomic E-state index is 13.6. The van der Waals surface area contributed by atoms with Crippen LogP contribution < -0.4 is 4.90 Å². The number of halogens is 2. The molecule has 7 heteroatoms. The van der Waals surface area contributed by atoms with Gasteiger partial charge in [0, 0.05) is 28.5 Å². The molecule has 2 aromatic carbocycles. The summed E-state index contributed by atoms with van der Waals surface area (Å²) >= 11 is 3.19. The Morgan fingerprint density at radius 3 is 2.62 bits per heavy atom. The van der Waals surface area contributed by atoms with Crippen LogP contribution in [0.4, 0.5) is 10.1 Å². The van der Waals surface area contributed by atoms with Crippen LogP contribution in [-0.4, -0.2) is 27.1 Å². The van der Waals surface area contributed by atoms with Crippen molar-refractivity contribution >= 4 is 37.4 Å². The molecule has 1 amide bonds. The van der Waals surface area contributed by atoms with E-state index in [2.05, 4.69) is 15.9 Å². The van der Waals surface area contributed by atoms with Gasteiger partial charge in [-0.3, -0.25) is 4.79 Å². The average Bonchev–Trinajstić information content (AvgIpc) is 2.51. The first kappa shape index (κ1) is 17.1. The number of carbonyl (C=O) groups is 1. The van der Waals surface area contributed by atoms with Gasteiger partial charge in [0.25, 0.3) is 5.91 Å². The molecule has 0 N–H and O–H groups in total. The fourth-order valence-electron chi connectivity index (χ4n) is 2.85. The second-order valence-corrected chi connectivity index (χ2v) is 8.71. The minimum atomic E-state index is -3.30. The average molecular weight is 412 g/mol. The van der Waals surface area contributed by atoms with E-state index in [0.29, 0.717) is 23.1 Å². The molecule has 4 nitrogen and oxygen atoms in total. The van der Waals surface area contributed by atoms with E-state index < -0.39 is 15.7 Å². The lowest BCUT2D eigenvalue weighted by Gasteiger charge is -2.30. The lowest BCUT2D eigenvalue weighted by atomic mass is 10.0. The van der Waals surface area contributed by atoms with Crippen molar-refractivity contribution in [2.75, 3.05) is 17.7 Å². The molecular weight excluding hydrogens is 397 g/mol. The minimum Gasteiger partial charge on any atom is -0.308 e. The SMILES string of the molecule is CS(=O)(=O)c1ccc2c(c1)CCCN2C(=O)c1cc(F)cc(Br)c1. The van der Waals surface area contributed by atoms with Crippen LogP contribution >= 0.6 is 15.9 Å². The van der Waals surface area contributed by atoms with Crippen LogP contribution in [0.25, 0.3) is 0 Å². The first-order chi connectivity index (χ1) is 11.3. The third-order valence-corrected chi connectivity index (χ3v) is 5.52. The van der Waals surface area contributed by atoms with E-state index in [-0.39, 0.29) is 16.4 Å². The highest BCUT2D eigenvalue weighted by atomic mass is 79.9. The number of fused-ring (bicyclic) bond motifs is 1. The molecule has 1 aliphatic heterocycles. The van der Waals surface area contributed by atoms with Crippen LogP contribution in [0, 0.1) is 5.82 Å². The molecule has 1 aliphatic rings. The molecule has 0 radical (unpaired) electrons. The van der Waals surface area contributed by atoms with Crippen molar-refractivity contribution in [3.05, 3.63) is 57.8 Å². The van der Waals surface area contributed by atoms with Crippen molar-refractivity contribution in [3.8, 4) is 0 Å². The van der Waals surface area contributed by atoms with Gasteiger partial charge >= 0.3 is 0 Å². The van der Waals surface area contributed by atoms with Gasteiger partial charge in [0.1, 0.15) is 5.82 Å². The Balaban J connectivity index is 2.01. The molecule has 0 atom stereocenters. The first-order valence-corrected chi connectivity index (χ1v) is 10.0. The zero-order chi connectivity index (χ0) is 17.5. The summed E-state index contributed by atoms with van der Waals surface area (Å²) < 4.78 is 37.5. The summed E-state index contributed by atoms with van der Waals surface area (Å²) in [5.41, 5.74) is 1.74. The third kappa shape index (κ3) is 3.37. The molecule has 126 valence electrons. The standard InChI is InChI=1S/C17H15BrFNO3S/c1-24(22,23)15-4-5-16-11(9-15)3-2-6-20(16)17(21)12-7-13(18)10-14(19)8-12/h4-5,7-10H,2-3,6H2,1H3. The fraction of sp³-hybridized carbons (Fsp3) is 0.235. The number of nitrogens with zero attached hydrogens (tertiary/aromatic N) is 1. The number of rotatable bonds is 2. The van der Waals surface area contributed by atoms with Gasteiger partial charge in [0.15, 0.2) is 9.84 Å². The first-order valence-electron chi connectivity index (χ1n) is 7.36. The van der Waals surface area contributed by atoms with E-state index in [1.54, 1.807) is 23.1 Å². The van der Waals surface area contributed by atoms with Gasteiger partial charge in [0.05, 0.1) is 4.90 Å². The number of anilines is 1. The monoisotopic (exact) mass is 411 g/mol. The molecule has 0 fully saturated rings. The summed E-state index contributed by atoms with van der Waals surface area (Å²) in [6.45, 7) is 0.512. The smallest absolute Gasteiger partial charge is 0.258 e. The van der Waals surface area contributed by atoms with Gasteiger partial charge in [-0.2, -0.15) is 0 Å². The summed E-state index contributed by atoms with van der Waals surface area (Å²) in [4.78, 5) is 14.6. The number of aryl methyl sites for hydroxylation is 1. The predicted octanol–water partition coefficient (Wildman–Crippen LogP) is 3.58. The number of amides is 1. The van der Waals surface area contributed by atoms with Crippen molar-refractivity contribution in [2.24, 2.45) is 0 Å². The topological polar surface area (TPSA) is 54.5 Å². The Morgan fingerprint density at radius 2 is 1.96 bits per heavy atom. The molecule has 2 aromatic rings. The molecule has 0 aromatic heterocycles. The Labute approximate surface area is 148 Å². The third-order valence-electron chi connectivity index (χ3n) is 3.95. The number of benzene rings is 2. The van der Waals surface area contributed by atoms with Crippen molar-refractivity contribution in [2.45, 2.75) is 17.7 Å². The van der Waals surface area contributed by atoms with E-state index in [0.717, 1.165) is 18.2 Å². The van der Waals surface area contributed by atoms with Crippen LogP contribution in [0.15, 0.2) is 45.8 Å².